The van der Waals surface area contributed by atoms with E-state index in [0.29, 0.717) is 0 Å². The molecule has 0 aliphatic heterocycles. The van der Waals surface area contributed by atoms with Gasteiger partial charge >= 0.3 is 12.1 Å². The van der Waals surface area contributed by atoms with Crippen molar-refractivity contribution < 1.29 is 24.2 Å². The number of carbonyl (C=O) groups excluding carboxylic acids is 2. The summed E-state index contributed by atoms with van der Waals surface area (Å²) in [5, 5.41) is 11.2. The lowest BCUT2D eigenvalue weighted by atomic mass is 10.3. The predicted molar refractivity (Wildman–Crippen MR) is 47.6 cm³/mol. The van der Waals surface area contributed by atoms with Crippen LogP contribution in [0.15, 0.2) is 12.7 Å². The molecule has 2 N–H and O–H groups in total. The zero-order valence-electron chi connectivity index (χ0n) is 7.86. The third kappa shape index (κ3) is 5.15. The topological polar surface area (TPSA) is 84.9 Å². The number of esters is 1. The lowest BCUT2D eigenvalue weighted by molar-refractivity contribution is -0.149. The van der Waals surface area contributed by atoms with E-state index < -0.39 is 18.2 Å². The van der Waals surface area contributed by atoms with Crippen LogP contribution in [0.4, 0.5) is 4.79 Å². The maximum Gasteiger partial charge on any atom is 0.407 e. The molecule has 0 aromatic carbocycles. The third-order valence-corrected chi connectivity index (χ3v) is 1.25. The Bertz CT molecular complexity index is 216. The maximum absolute atomic E-state index is 10.8. The summed E-state index contributed by atoms with van der Waals surface area (Å²) in [6.07, 6.45) is -0.708. The average Bonchev–Trinajstić information content (AvgIpc) is 2.21. The molecule has 1 atom stereocenters. The van der Waals surface area contributed by atoms with Gasteiger partial charge in [-0.25, -0.2) is 9.59 Å². The van der Waals surface area contributed by atoms with E-state index in [4.69, 9.17) is 5.11 Å². The fourth-order valence-corrected chi connectivity index (χ4v) is 0.585. The van der Waals surface area contributed by atoms with Crippen LogP contribution < -0.4 is 5.32 Å². The molecular formula is C8H13NO5. The molecule has 6 nitrogen and oxygen atoms in total. The first-order valence-corrected chi connectivity index (χ1v) is 3.89. The molecule has 1 amide bonds. The van der Waals surface area contributed by atoms with Gasteiger partial charge in [0, 0.05) is 0 Å². The minimum absolute atomic E-state index is 0.0696. The molecular weight excluding hydrogens is 190 g/mol. The minimum atomic E-state index is -1.38. The monoisotopic (exact) mass is 203 g/mol. The molecule has 0 aromatic heterocycles. The Kier molecular flexibility index (Phi) is 6.13. The Labute approximate surface area is 81.5 Å². The first-order chi connectivity index (χ1) is 6.61. The number of hydrogen-bond acceptors (Lipinski definition) is 5. The summed E-state index contributed by atoms with van der Waals surface area (Å²) in [6, 6.07) is 0. The summed E-state index contributed by atoms with van der Waals surface area (Å²) >= 11 is 0. The van der Waals surface area contributed by atoms with Crippen molar-refractivity contribution in [2.24, 2.45) is 0 Å². The molecule has 0 aromatic rings. The Morgan fingerprint density at radius 1 is 1.64 bits per heavy atom. The van der Waals surface area contributed by atoms with E-state index >= 15 is 0 Å². The molecule has 0 fully saturated rings. The zero-order chi connectivity index (χ0) is 11.0. The number of rotatable bonds is 5. The predicted octanol–water partition coefficient (Wildman–Crippen LogP) is -0.568. The Hall–Kier alpha value is -1.56. The molecule has 0 aliphatic carbocycles. The number of ether oxygens (including phenoxy) is 2. The number of aliphatic hydroxyl groups excluding tert-OH is 1. The highest BCUT2D eigenvalue weighted by atomic mass is 16.6. The number of carbonyl (C=O) groups is 2. The van der Waals surface area contributed by atoms with Crippen LogP contribution >= 0.6 is 0 Å². The van der Waals surface area contributed by atoms with Crippen LogP contribution in [0.25, 0.3) is 0 Å². The van der Waals surface area contributed by atoms with Gasteiger partial charge in [0.15, 0.2) is 6.10 Å². The van der Waals surface area contributed by atoms with Crippen LogP contribution in [-0.4, -0.2) is 43.5 Å². The van der Waals surface area contributed by atoms with E-state index in [1.54, 1.807) is 0 Å². The van der Waals surface area contributed by atoms with E-state index in [-0.39, 0.29) is 13.2 Å². The molecule has 0 saturated heterocycles. The smallest absolute Gasteiger partial charge is 0.407 e. The Morgan fingerprint density at radius 2 is 2.29 bits per heavy atom. The van der Waals surface area contributed by atoms with Crippen LogP contribution in [0.2, 0.25) is 0 Å². The molecule has 0 spiro atoms. The van der Waals surface area contributed by atoms with Gasteiger partial charge in [0.2, 0.25) is 0 Å². The quantitative estimate of drug-likeness (QED) is 0.462. The van der Waals surface area contributed by atoms with E-state index in [1.165, 1.54) is 6.08 Å². The van der Waals surface area contributed by atoms with Gasteiger partial charge in [0.1, 0.15) is 6.61 Å². The highest BCUT2D eigenvalue weighted by molar-refractivity contribution is 5.75. The van der Waals surface area contributed by atoms with Gasteiger partial charge in [-0.15, -0.1) is 0 Å². The SMILES string of the molecule is C=CCOC(=O)NC[C@@H](O)C(=O)OC. The van der Waals surface area contributed by atoms with Gasteiger partial charge in [0.25, 0.3) is 0 Å². The van der Waals surface area contributed by atoms with Crippen molar-refractivity contribution in [1.82, 2.24) is 5.32 Å². The second-order valence-corrected chi connectivity index (χ2v) is 2.31. The first kappa shape index (κ1) is 12.4. The molecule has 0 saturated carbocycles. The molecule has 0 unspecified atom stereocenters. The molecule has 14 heavy (non-hydrogen) atoms. The summed E-state index contributed by atoms with van der Waals surface area (Å²) in [7, 11) is 1.14. The number of nitrogens with one attached hydrogen (secondary N) is 1. The van der Waals surface area contributed by atoms with Crippen molar-refractivity contribution in [3.8, 4) is 0 Å². The van der Waals surface area contributed by atoms with Crippen molar-refractivity contribution in [3.63, 3.8) is 0 Å². The minimum Gasteiger partial charge on any atom is -0.467 e. The lowest BCUT2D eigenvalue weighted by Gasteiger charge is -2.09. The molecule has 0 aliphatic rings. The van der Waals surface area contributed by atoms with Crippen molar-refractivity contribution >= 4 is 12.1 Å². The summed E-state index contributed by atoms with van der Waals surface area (Å²) in [5.74, 6) is -0.811. The van der Waals surface area contributed by atoms with E-state index in [0.717, 1.165) is 7.11 Å². The number of amides is 1. The molecule has 0 rings (SSSR count). The summed E-state index contributed by atoms with van der Waals surface area (Å²) in [5.41, 5.74) is 0. The normalized spacial score (nSPS) is 11.3. The summed E-state index contributed by atoms with van der Waals surface area (Å²) in [6.45, 7) is 3.16. The number of methoxy groups -OCH3 is 1. The van der Waals surface area contributed by atoms with E-state index in [2.05, 4.69) is 21.4 Å². The first-order valence-electron chi connectivity index (χ1n) is 3.89. The summed E-state index contributed by atoms with van der Waals surface area (Å²) < 4.78 is 8.75. The van der Waals surface area contributed by atoms with Crippen LogP contribution in [0.1, 0.15) is 0 Å². The highest BCUT2D eigenvalue weighted by Gasteiger charge is 2.16. The Balaban J connectivity index is 3.65. The van der Waals surface area contributed by atoms with Gasteiger partial charge in [-0.05, 0) is 0 Å². The fourth-order valence-electron chi connectivity index (χ4n) is 0.585. The molecule has 80 valence electrons. The van der Waals surface area contributed by atoms with E-state index in [9.17, 15) is 9.59 Å². The number of aliphatic hydroxyl groups is 1. The van der Waals surface area contributed by atoms with Crippen LogP contribution in [0, 0.1) is 0 Å². The number of alkyl carbamates (subject to hydrolysis) is 1. The standard InChI is InChI=1S/C8H13NO5/c1-3-4-14-8(12)9-5-6(10)7(11)13-2/h3,6,10H,1,4-5H2,2H3,(H,9,12)/t6-/m1/s1. The van der Waals surface area contributed by atoms with Crippen LogP contribution in [0.3, 0.4) is 0 Å². The van der Waals surface area contributed by atoms with Crippen molar-refractivity contribution in [1.29, 1.82) is 0 Å². The molecule has 0 radical (unpaired) electrons. The largest absolute Gasteiger partial charge is 0.467 e. The second-order valence-electron chi connectivity index (χ2n) is 2.31. The molecule has 6 heteroatoms. The zero-order valence-corrected chi connectivity index (χ0v) is 7.86. The van der Waals surface area contributed by atoms with Gasteiger partial charge in [-0.2, -0.15) is 0 Å². The lowest BCUT2D eigenvalue weighted by Crippen LogP contribution is -2.37. The van der Waals surface area contributed by atoms with Gasteiger partial charge in [0.05, 0.1) is 13.7 Å². The van der Waals surface area contributed by atoms with Gasteiger partial charge < -0.3 is 19.9 Å². The average molecular weight is 203 g/mol. The van der Waals surface area contributed by atoms with Gasteiger partial charge in [-0.3, -0.25) is 0 Å². The van der Waals surface area contributed by atoms with Crippen LogP contribution in [0.5, 0.6) is 0 Å². The second kappa shape index (κ2) is 6.90. The molecule has 0 heterocycles. The van der Waals surface area contributed by atoms with Crippen molar-refractivity contribution in [2.45, 2.75) is 6.10 Å². The Morgan fingerprint density at radius 3 is 2.79 bits per heavy atom. The van der Waals surface area contributed by atoms with Crippen molar-refractivity contribution in [2.75, 3.05) is 20.3 Å². The fraction of sp³-hybridized carbons (Fsp3) is 0.500. The van der Waals surface area contributed by atoms with Crippen molar-refractivity contribution in [3.05, 3.63) is 12.7 Å². The molecule has 0 bridgehead atoms. The highest BCUT2D eigenvalue weighted by Crippen LogP contribution is 1.86. The summed E-state index contributed by atoms with van der Waals surface area (Å²) in [4.78, 5) is 21.4. The van der Waals surface area contributed by atoms with Gasteiger partial charge in [-0.1, -0.05) is 12.7 Å². The number of hydrogen-bond donors (Lipinski definition) is 2. The maximum atomic E-state index is 10.8. The van der Waals surface area contributed by atoms with E-state index in [1.807, 2.05) is 0 Å². The van der Waals surface area contributed by atoms with Crippen LogP contribution in [-0.2, 0) is 14.3 Å². The third-order valence-electron chi connectivity index (χ3n) is 1.25.